The molecule has 0 radical (unpaired) electrons. The maximum Gasteiger partial charge on any atom is 0.416 e. The topological polar surface area (TPSA) is 103 Å². The Bertz CT molecular complexity index is 1660. The maximum absolute atomic E-state index is 13.9. The Morgan fingerprint density at radius 1 is 1.12 bits per heavy atom. The number of alkyl halides is 3. The van der Waals surface area contributed by atoms with E-state index in [1.807, 2.05) is 37.3 Å². The van der Waals surface area contributed by atoms with Gasteiger partial charge in [-0.2, -0.15) is 22.7 Å². The van der Waals surface area contributed by atoms with Crippen LogP contribution in [0.3, 0.4) is 0 Å². The Morgan fingerprint density at radius 3 is 2.52 bits per heavy atom. The first-order valence-corrected chi connectivity index (χ1v) is 12.7. The molecule has 0 saturated heterocycles. The third-order valence-corrected chi connectivity index (χ3v) is 6.70. The number of hydrogen-bond acceptors (Lipinski definition) is 6. The number of rotatable bonds is 7. The van der Waals surface area contributed by atoms with Gasteiger partial charge in [0.1, 0.15) is 6.54 Å². The average molecular weight is 553 g/mol. The number of anilines is 2. The van der Waals surface area contributed by atoms with E-state index >= 15 is 0 Å². The molecule has 1 aliphatic heterocycles. The van der Waals surface area contributed by atoms with Crippen LogP contribution in [0.25, 0.3) is 22.5 Å². The summed E-state index contributed by atoms with van der Waals surface area (Å²) in [5.41, 5.74) is 2.18. The van der Waals surface area contributed by atoms with Crippen molar-refractivity contribution in [3.63, 3.8) is 0 Å². The predicted molar refractivity (Wildman–Crippen MR) is 145 cm³/mol. The van der Waals surface area contributed by atoms with Crippen molar-refractivity contribution >= 4 is 28.6 Å². The number of carbonyl (C=O) groups is 1. The van der Waals surface area contributed by atoms with Gasteiger partial charge in [0.25, 0.3) is 5.56 Å². The van der Waals surface area contributed by atoms with Crippen molar-refractivity contribution in [1.82, 2.24) is 19.2 Å². The van der Waals surface area contributed by atoms with Gasteiger partial charge in [-0.1, -0.05) is 31.2 Å². The van der Waals surface area contributed by atoms with E-state index in [2.05, 4.69) is 20.7 Å². The molecule has 2 N–H and O–H groups in total. The molecule has 3 heterocycles. The van der Waals surface area contributed by atoms with E-state index < -0.39 is 17.6 Å². The second-order valence-electron chi connectivity index (χ2n) is 9.19. The molecule has 0 spiro atoms. The number of nitrogens with one attached hydrogen (secondary N) is 2. The zero-order chi connectivity index (χ0) is 28.4. The van der Waals surface area contributed by atoms with Crippen LogP contribution in [0.1, 0.15) is 30.4 Å². The molecule has 4 aromatic rings. The van der Waals surface area contributed by atoms with Crippen LogP contribution in [-0.4, -0.2) is 45.3 Å². The molecule has 0 fully saturated rings. The van der Waals surface area contributed by atoms with Crippen LogP contribution >= 0.6 is 0 Å². The van der Waals surface area contributed by atoms with Crippen molar-refractivity contribution in [3.05, 3.63) is 82.0 Å². The second-order valence-corrected chi connectivity index (χ2v) is 9.19. The minimum absolute atomic E-state index is 0.192. The Hall–Kier alpha value is -4.45. The lowest BCUT2D eigenvalue weighted by Crippen LogP contribution is -2.29. The molecule has 1 amide bonds. The molecule has 0 aliphatic carbocycles. The van der Waals surface area contributed by atoms with Crippen molar-refractivity contribution in [2.75, 3.05) is 30.9 Å². The first-order chi connectivity index (χ1) is 19.2. The molecule has 1 aliphatic rings. The Balaban J connectivity index is 1.63. The number of benzene rings is 2. The lowest BCUT2D eigenvalue weighted by atomic mass is 10.0. The summed E-state index contributed by atoms with van der Waals surface area (Å²) < 4.78 is 47.1. The highest BCUT2D eigenvalue weighted by atomic mass is 19.4. The first-order valence-electron chi connectivity index (χ1n) is 12.7. The summed E-state index contributed by atoms with van der Waals surface area (Å²) in [7, 11) is 1.75. The van der Waals surface area contributed by atoms with Gasteiger partial charge < -0.3 is 19.9 Å². The molecule has 2 aromatic heterocycles. The standard InChI is InChI=1S/C28H27F3N6O3/c1-3-22-24(20-6-4-5-7-21(20)32-2)26(39)37-27(34-25(35-37)17-12-14-40-15-13-17)36(22)16-23(38)33-19-10-8-18(9-11-19)28(29,30)31/h4-12,32H,3,13-16H2,1-2H3,(H,33,38). The number of hydrogen-bond donors (Lipinski definition) is 2. The number of aromatic nitrogens is 4. The van der Waals surface area contributed by atoms with E-state index in [9.17, 15) is 22.8 Å². The van der Waals surface area contributed by atoms with Gasteiger partial charge in [0, 0.05) is 29.7 Å². The fraction of sp³-hybridized carbons (Fsp3) is 0.286. The smallest absolute Gasteiger partial charge is 0.388 e. The molecule has 2 aromatic carbocycles. The SMILES string of the molecule is CCc1c(-c2ccccc2NC)c(=O)n2nc(C3=CCOCC3)nc2n1CC(=O)Nc1ccc(C(F)(F)F)cc1. The number of nitrogens with zero attached hydrogens (tertiary/aromatic N) is 4. The highest BCUT2D eigenvalue weighted by molar-refractivity contribution is 5.91. The van der Waals surface area contributed by atoms with Gasteiger partial charge in [-0.05, 0) is 48.7 Å². The van der Waals surface area contributed by atoms with Crippen molar-refractivity contribution in [2.24, 2.45) is 0 Å². The summed E-state index contributed by atoms with van der Waals surface area (Å²) >= 11 is 0. The predicted octanol–water partition coefficient (Wildman–Crippen LogP) is 4.62. The van der Waals surface area contributed by atoms with Crippen molar-refractivity contribution in [3.8, 4) is 11.1 Å². The molecular formula is C28H27F3N6O3. The quantitative estimate of drug-likeness (QED) is 0.347. The highest BCUT2D eigenvalue weighted by Gasteiger charge is 2.30. The van der Waals surface area contributed by atoms with Gasteiger partial charge >= 0.3 is 6.18 Å². The first kappa shape index (κ1) is 27.1. The molecule has 12 heteroatoms. The number of halogens is 3. The van der Waals surface area contributed by atoms with Gasteiger partial charge in [0.2, 0.25) is 11.7 Å². The van der Waals surface area contributed by atoms with Crippen LogP contribution in [-0.2, 0) is 28.7 Å². The normalized spacial score (nSPS) is 13.8. The fourth-order valence-electron chi connectivity index (χ4n) is 4.78. The van der Waals surface area contributed by atoms with E-state index in [-0.39, 0.29) is 23.6 Å². The van der Waals surface area contributed by atoms with Gasteiger partial charge in [-0.3, -0.25) is 9.59 Å². The lowest BCUT2D eigenvalue weighted by Gasteiger charge is -2.19. The van der Waals surface area contributed by atoms with Crippen molar-refractivity contribution < 1.29 is 22.7 Å². The third-order valence-electron chi connectivity index (χ3n) is 6.70. The Labute approximate surface area is 227 Å². The summed E-state index contributed by atoms with van der Waals surface area (Å²) in [6, 6.07) is 11.5. The lowest BCUT2D eigenvalue weighted by molar-refractivity contribution is -0.137. The van der Waals surface area contributed by atoms with Crippen LogP contribution < -0.4 is 16.2 Å². The summed E-state index contributed by atoms with van der Waals surface area (Å²) in [5.74, 6) is 0.0681. The van der Waals surface area contributed by atoms with Crippen molar-refractivity contribution in [1.29, 1.82) is 0 Å². The van der Waals surface area contributed by atoms with Crippen LogP contribution in [0.4, 0.5) is 24.5 Å². The second kappa shape index (κ2) is 11.0. The van der Waals surface area contributed by atoms with Gasteiger partial charge in [0.15, 0.2) is 5.82 Å². The highest BCUT2D eigenvalue weighted by Crippen LogP contribution is 2.31. The fourth-order valence-corrected chi connectivity index (χ4v) is 4.78. The molecule has 0 bridgehead atoms. The molecule has 5 rings (SSSR count). The summed E-state index contributed by atoms with van der Waals surface area (Å²) in [5, 5.41) is 10.3. The molecule has 208 valence electrons. The molecular weight excluding hydrogens is 525 g/mol. The summed E-state index contributed by atoms with van der Waals surface area (Å²) in [6.45, 7) is 2.54. The van der Waals surface area contributed by atoms with Crippen LogP contribution in [0.2, 0.25) is 0 Å². The van der Waals surface area contributed by atoms with Gasteiger partial charge in [-0.15, -0.1) is 5.10 Å². The van der Waals surface area contributed by atoms with Gasteiger partial charge in [-0.25, -0.2) is 0 Å². The zero-order valence-electron chi connectivity index (χ0n) is 21.9. The van der Waals surface area contributed by atoms with E-state index in [0.717, 1.165) is 23.4 Å². The number of carbonyl (C=O) groups excluding carboxylic acids is 1. The summed E-state index contributed by atoms with van der Waals surface area (Å²) in [6.07, 6.45) is -1.64. The van der Waals surface area contributed by atoms with Crippen LogP contribution in [0.15, 0.2) is 59.4 Å². The molecule has 9 nitrogen and oxygen atoms in total. The molecule has 40 heavy (non-hydrogen) atoms. The van der Waals surface area contributed by atoms with Crippen LogP contribution in [0, 0.1) is 0 Å². The molecule has 0 saturated carbocycles. The number of ether oxygens (including phenoxy) is 1. The monoisotopic (exact) mass is 552 g/mol. The van der Waals surface area contributed by atoms with Crippen molar-refractivity contribution in [2.45, 2.75) is 32.5 Å². The minimum Gasteiger partial charge on any atom is -0.388 e. The van der Waals surface area contributed by atoms with E-state index in [1.54, 1.807) is 11.6 Å². The third kappa shape index (κ3) is 5.22. The van der Waals surface area contributed by atoms with E-state index in [1.165, 1.54) is 16.6 Å². The Morgan fingerprint density at radius 2 is 1.88 bits per heavy atom. The zero-order valence-corrected chi connectivity index (χ0v) is 21.9. The number of fused-ring (bicyclic) bond motifs is 1. The summed E-state index contributed by atoms with van der Waals surface area (Å²) in [4.78, 5) is 31.8. The van der Waals surface area contributed by atoms with E-state index in [0.29, 0.717) is 48.7 Å². The minimum atomic E-state index is -4.48. The number of para-hydroxylation sites is 1. The van der Waals surface area contributed by atoms with E-state index in [4.69, 9.17) is 4.74 Å². The number of amides is 1. The average Bonchev–Trinajstić information content (AvgIpc) is 3.41. The largest absolute Gasteiger partial charge is 0.416 e. The molecule has 0 atom stereocenters. The molecule has 0 unspecified atom stereocenters. The Kier molecular flexibility index (Phi) is 7.44. The van der Waals surface area contributed by atoms with Crippen LogP contribution in [0.5, 0.6) is 0 Å². The maximum atomic E-state index is 13.9. The van der Waals surface area contributed by atoms with Gasteiger partial charge in [0.05, 0.1) is 24.3 Å².